The number of benzene rings is 1. The van der Waals surface area contributed by atoms with E-state index in [9.17, 15) is 8.78 Å². The Morgan fingerprint density at radius 1 is 1.10 bits per heavy atom. The summed E-state index contributed by atoms with van der Waals surface area (Å²) in [6.07, 6.45) is 11.5. The fourth-order valence-electron chi connectivity index (χ4n) is 5.27. The van der Waals surface area contributed by atoms with Crippen LogP contribution in [0.25, 0.3) is 10.9 Å². The van der Waals surface area contributed by atoms with Crippen molar-refractivity contribution in [1.29, 1.82) is 0 Å². The van der Waals surface area contributed by atoms with Gasteiger partial charge in [0.1, 0.15) is 5.75 Å². The van der Waals surface area contributed by atoms with Crippen molar-refractivity contribution in [2.45, 2.75) is 83.7 Å². The smallest absolute Gasteiger partial charge is 0.255 e. The molecule has 2 heterocycles. The van der Waals surface area contributed by atoms with Crippen LogP contribution in [0.2, 0.25) is 0 Å². The van der Waals surface area contributed by atoms with Gasteiger partial charge in [0.05, 0.1) is 18.0 Å². The van der Waals surface area contributed by atoms with Gasteiger partial charge in [-0.3, -0.25) is 4.90 Å². The molecule has 4 rings (SSSR count). The lowest BCUT2D eigenvalue weighted by Gasteiger charge is -2.32. The van der Waals surface area contributed by atoms with Crippen molar-refractivity contribution >= 4 is 10.9 Å². The van der Waals surface area contributed by atoms with Gasteiger partial charge in [-0.05, 0) is 43.5 Å². The van der Waals surface area contributed by atoms with E-state index in [-0.39, 0.29) is 6.42 Å². The number of rotatable bonds is 10. The van der Waals surface area contributed by atoms with Crippen LogP contribution in [0.1, 0.15) is 70.3 Å². The molecule has 0 amide bonds. The largest absolute Gasteiger partial charge is 0.497 e. The van der Waals surface area contributed by atoms with Crippen LogP contribution in [-0.2, 0) is 13.1 Å². The van der Waals surface area contributed by atoms with E-state index in [4.69, 9.17) is 4.74 Å². The van der Waals surface area contributed by atoms with E-state index in [1.54, 1.807) is 7.11 Å². The summed E-state index contributed by atoms with van der Waals surface area (Å²) in [6, 6.07) is 6.25. The molecule has 5 heteroatoms. The Morgan fingerprint density at radius 2 is 1.87 bits per heavy atom. The number of aromatic nitrogens is 1. The molecule has 1 aromatic heterocycles. The number of methoxy groups -OCH3 is 1. The van der Waals surface area contributed by atoms with Crippen LogP contribution < -0.4 is 4.74 Å². The first-order valence-electron chi connectivity index (χ1n) is 11.7. The number of nitrogens with zero attached hydrogens (tertiary/aromatic N) is 2. The molecular formula is C25H36F2N2O. The highest BCUT2D eigenvalue weighted by atomic mass is 19.3. The summed E-state index contributed by atoms with van der Waals surface area (Å²) >= 11 is 0. The summed E-state index contributed by atoms with van der Waals surface area (Å²) in [5.41, 5.74) is 1.70. The van der Waals surface area contributed by atoms with Gasteiger partial charge in [-0.1, -0.05) is 39.0 Å². The predicted molar refractivity (Wildman–Crippen MR) is 118 cm³/mol. The zero-order valence-corrected chi connectivity index (χ0v) is 18.6. The fraction of sp³-hybridized carbons (Fsp3) is 0.680. The summed E-state index contributed by atoms with van der Waals surface area (Å²) in [6.45, 7) is 5.44. The summed E-state index contributed by atoms with van der Waals surface area (Å²) in [4.78, 5) is 2.25. The monoisotopic (exact) mass is 418 g/mol. The fourth-order valence-corrected chi connectivity index (χ4v) is 5.27. The number of halogens is 2. The Hall–Kier alpha value is -1.62. The van der Waals surface area contributed by atoms with Crippen LogP contribution in [0.5, 0.6) is 5.75 Å². The molecule has 0 N–H and O–H groups in total. The number of aryl methyl sites for hydroxylation is 1. The molecule has 0 bridgehead atoms. The quantitative estimate of drug-likeness (QED) is 0.403. The van der Waals surface area contributed by atoms with Gasteiger partial charge >= 0.3 is 0 Å². The molecule has 1 unspecified atom stereocenters. The maximum Gasteiger partial charge on any atom is 0.255 e. The second-order valence-corrected chi connectivity index (χ2v) is 9.47. The van der Waals surface area contributed by atoms with Crippen molar-refractivity contribution in [2.24, 2.45) is 5.41 Å². The zero-order chi connectivity index (χ0) is 21.2. The summed E-state index contributed by atoms with van der Waals surface area (Å²) in [7, 11) is 1.70. The summed E-state index contributed by atoms with van der Waals surface area (Å²) in [5, 5.41) is 1.23. The third kappa shape index (κ3) is 4.37. The van der Waals surface area contributed by atoms with E-state index < -0.39 is 11.3 Å². The van der Waals surface area contributed by atoms with Gasteiger partial charge in [0.15, 0.2) is 0 Å². The number of fused-ring (bicyclic) bond motifs is 1. The van der Waals surface area contributed by atoms with E-state index in [2.05, 4.69) is 34.7 Å². The lowest BCUT2D eigenvalue weighted by Crippen LogP contribution is -2.38. The summed E-state index contributed by atoms with van der Waals surface area (Å²) in [5.74, 6) is -1.59. The highest BCUT2D eigenvalue weighted by Gasteiger charge is 2.71. The summed E-state index contributed by atoms with van der Waals surface area (Å²) < 4.78 is 35.7. The van der Waals surface area contributed by atoms with Gasteiger partial charge < -0.3 is 9.30 Å². The Morgan fingerprint density at radius 3 is 2.60 bits per heavy atom. The molecule has 2 aromatic rings. The van der Waals surface area contributed by atoms with E-state index >= 15 is 0 Å². The van der Waals surface area contributed by atoms with Crippen LogP contribution in [0, 0.1) is 5.41 Å². The Labute approximate surface area is 179 Å². The molecular weight excluding hydrogens is 382 g/mol. The van der Waals surface area contributed by atoms with Crippen molar-refractivity contribution in [1.82, 2.24) is 9.47 Å². The first-order valence-corrected chi connectivity index (χ1v) is 11.7. The van der Waals surface area contributed by atoms with Gasteiger partial charge in [0.2, 0.25) is 0 Å². The van der Waals surface area contributed by atoms with E-state index in [0.29, 0.717) is 13.0 Å². The lowest BCUT2D eigenvalue weighted by atomic mass is 9.94. The normalized spacial score (nSPS) is 23.3. The standard InChI is InChI=1S/C25H36F2N2O/c1-3-4-5-6-7-8-14-29-17-20(22-11-10-21(30-2)15-23(22)29)16-28-13-9-12-24(19-28)18-25(24,26)27/h10-11,15,17H,3-9,12-14,16,18-19H2,1-2H3. The maximum absolute atomic E-state index is 13.9. The third-order valence-electron chi connectivity index (χ3n) is 7.19. The molecule has 1 aromatic carbocycles. The SMILES string of the molecule is CCCCCCCCn1cc(CN2CCCC3(C2)CC3(F)F)c2ccc(OC)cc21. The van der Waals surface area contributed by atoms with Crippen LogP contribution >= 0.6 is 0 Å². The van der Waals surface area contributed by atoms with Crippen LogP contribution in [0.3, 0.4) is 0 Å². The first kappa shape index (κ1) is 21.6. The van der Waals surface area contributed by atoms with E-state index in [0.717, 1.165) is 31.8 Å². The van der Waals surface area contributed by atoms with Crippen LogP contribution in [-0.4, -0.2) is 35.6 Å². The molecule has 0 radical (unpaired) electrons. The molecule has 1 aliphatic carbocycles. The molecule has 2 aliphatic rings. The Balaban J connectivity index is 1.47. The minimum absolute atomic E-state index is 0.0769. The minimum atomic E-state index is -2.45. The average molecular weight is 419 g/mol. The number of unbranched alkanes of at least 4 members (excludes halogenated alkanes) is 5. The number of alkyl halides is 2. The third-order valence-corrected chi connectivity index (χ3v) is 7.19. The lowest BCUT2D eigenvalue weighted by molar-refractivity contribution is 0.0229. The minimum Gasteiger partial charge on any atom is -0.497 e. The number of ether oxygens (including phenoxy) is 1. The number of hydrogen-bond acceptors (Lipinski definition) is 2. The van der Waals surface area contributed by atoms with Crippen LogP contribution in [0.15, 0.2) is 24.4 Å². The molecule has 30 heavy (non-hydrogen) atoms. The molecule has 1 aliphatic heterocycles. The molecule has 166 valence electrons. The van der Waals surface area contributed by atoms with Crippen molar-refractivity contribution in [3.05, 3.63) is 30.0 Å². The van der Waals surface area contributed by atoms with Crippen molar-refractivity contribution in [3.8, 4) is 5.75 Å². The van der Waals surface area contributed by atoms with Crippen LogP contribution in [0.4, 0.5) is 8.78 Å². The Kier molecular flexibility index (Phi) is 6.38. The zero-order valence-electron chi connectivity index (χ0n) is 18.6. The van der Waals surface area contributed by atoms with Gasteiger partial charge in [-0.2, -0.15) is 0 Å². The van der Waals surface area contributed by atoms with Crippen molar-refractivity contribution in [3.63, 3.8) is 0 Å². The molecule has 2 fully saturated rings. The number of hydrogen-bond donors (Lipinski definition) is 0. The second-order valence-electron chi connectivity index (χ2n) is 9.47. The van der Waals surface area contributed by atoms with Gasteiger partial charge in [0.25, 0.3) is 5.92 Å². The first-order chi connectivity index (χ1) is 14.5. The topological polar surface area (TPSA) is 17.4 Å². The van der Waals surface area contributed by atoms with Gasteiger partial charge in [0, 0.05) is 43.7 Å². The second kappa shape index (κ2) is 8.86. The van der Waals surface area contributed by atoms with E-state index in [1.165, 1.54) is 55.0 Å². The van der Waals surface area contributed by atoms with Crippen molar-refractivity contribution < 1.29 is 13.5 Å². The highest BCUT2D eigenvalue weighted by Crippen LogP contribution is 2.64. The number of piperidine rings is 1. The van der Waals surface area contributed by atoms with E-state index in [1.807, 2.05) is 6.07 Å². The van der Waals surface area contributed by atoms with Crippen molar-refractivity contribution in [2.75, 3.05) is 20.2 Å². The highest BCUT2D eigenvalue weighted by molar-refractivity contribution is 5.85. The Bertz CT molecular complexity index is 862. The average Bonchev–Trinajstić information content (AvgIpc) is 3.08. The molecule has 1 spiro atoms. The molecule has 3 nitrogen and oxygen atoms in total. The molecule has 1 atom stereocenters. The maximum atomic E-state index is 13.9. The van der Waals surface area contributed by atoms with Gasteiger partial charge in [-0.15, -0.1) is 0 Å². The number of likely N-dealkylation sites (tertiary alicyclic amines) is 1. The molecule has 1 saturated heterocycles. The molecule has 1 saturated carbocycles. The predicted octanol–water partition coefficient (Wildman–Crippen LogP) is 6.63. The van der Waals surface area contributed by atoms with Gasteiger partial charge in [-0.25, -0.2) is 8.78 Å².